The van der Waals surface area contributed by atoms with Gasteiger partial charge in [-0.1, -0.05) is 5.16 Å². The minimum atomic E-state index is -4.81. The lowest BCUT2D eigenvalue weighted by Crippen LogP contribution is -1.96. The number of phosphoric acid groups is 1. The number of benzene rings is 2. The van der Waals surface area contributed by atoms with Crippen molar-refractivity contribution in [3.05, 3.63) is 42.2 Å². The quantitative estimate of drug-likeness (QED) is 0.549. The Kier molecular flexibility index (Phi) is 5.83. The van der Waals surface area contributed by atoms with Crippen molar-refractivity contribution in [3.8, 4) is 45.4 Å². The first-order chi connectivity index (χ1) is 13.8. The Morgan fingerprint density at radius 2 is 1.72 bits per heavy atom. The first-order valence-corrected chi connectivity index (χ1v) is 9.91. The van der Waals surface area contributed by atoms with Gasteiger partial charge >= 0.3 is 7.82 Å². The molecule has 2 N–H and O–H groups in total. The van der Waals surface area contributed by atoms with E-state index in [2.05, 4.69) is 5.16 Å². The van der Waals surface area contributed by atoms with Crippen molar-refractivity contribution in [3.63, 3.8) is 0 Å². The number of aromatic nitrogens is 1. The molecule has 0 radical (unpaired) electrons. The molecule has 0 aliphatic rings. The Morgan fingerprint density at radius 3 is 2.34 bits per heavy atom. The number of phosphoric ester groups is 1. The second-order valence-corrected chi connectivity index (χ2v) is 7.21. The van der Waals surface area contributed by atoms with E-state index in [1.807, 2.05) is 13.0 Å². The van der Waals surface area contributed by atoms with Gasteiger partial charge < -0.3 is 23.3 Å². The van der Waals surface area contributed by atoms with Crippen LogP contribution in [0, 0.1) is 6.92 Å². The van der Waals surface area contributed by atoms with Crippen LogP contribution in [0.25, 0.3) is 22.4 Å². The van der Waals surface area contributed by atoms with E-state index in [-0.39, 0.29) is 5.75 Å². The van der Waals surface area contributed by atoms with Crippen LogP contribution in [-0.4, -0.2) is 36.3 Å². The molecule has 29 heavy (non-hydrogen) atoms. The Hall–Kier alpha value is -3.00. The van der Waals surface area contributed by atoms with E-state index in [0.717, 1.165) is 5.56 Å². The number of nitrogens with zero attached hydrogens (tertiary/aromatic N) is 1. The third-order valence-electron chi connectivity index (χ3n) is 4.20. The van der Waals surface area contributed by atoms with Gasteiger partial charge in [0.05, 0.1) is 26.9 Å². The summed E-state index contributed by atoms with van der Waals surface area (Å²) in [5, 5.41) is 4.06. The SMILES string of the molecule is COc1ccc(-c2conc2-c2cc(C)c(OC)c(OC)c2)c(OP(=O)(O)O)c1. The summed E-state index contributed by atoms with van der Waals surface area (Å²) in [7, 11) is -0.291. The van der Waals surface area contributed by atoms with E-state index in [4.69, 9.17) is 23.3 Å². The summed E-state index contributed by atoms with van der Waals surface area (Å²) in [6.07, 6.45) is 1.37. The van der Waals surface area contributed by atoms with Gasteiger partial charge in [0, 0.05) is 17.2 Å². The molecule has 0 saturated heterocycles. The normalized spacial score (nSPS) is 11.2. The van der Waals surface area contributed by atoms with Gasteiger partial charge in [-0.15, -0.1) is 0 Å². The molecular weight excluding hydrogens is 401 g/mol. The molecule has 1 heterocycles. The van der Waals surface area contributed by atoms with Crippen LogP contribution < -0.4 is 18.7 Å². The predicted molar refractivity (Wildman–Crippen MR) is 104 cm³/mol. The lowest BCUT2D eigenvalue weighted by Gasteiger charge is -2.14. The van der Waals surface area contributed by atoms with Crippen molar-refractivity contribution in [2.45, 2.75) is 6.92 Å². The molecule has 0 aliphatic heterocycles. The van der Waals surface area contributed by atoms with E-state index in [9.17, 15) is 14.4 Å². The van der Waals surface area contributed by atoms with Gasteiger partial charge in [-0.3, -0.25) is 9.79 Å². The molecule has 0 aliphatic carbocycles. The number of hydrogen-bond acceptors (Lipinski definition) is 7. The molecule has 0 atom stereocenters. The third kappa shape index (κ3) is 4.37. The molecule has 2 aromatic carbocycles. The van der Waals surface area contributed by atoms with Crippen LogP contribution in [0.2, 0.25) is 0 Å². The van der Waals surface area contributed by atoms with E-state index in [0.29, 0.717) is 39.6 Å². The second-order valence-electron chi connectivity index (χ2n) is 6.05. The summed E-state index contributed by atoms with van der Waals surface area (Å²) in [6.45, 7) is 1.86. The maximum absolute atomic E-state index is 11.4. The lowest BCUT2D eigenvalue weighted by molar-refractivity contribution is 0.283. The molecule has 0 fully saturated rings. The molecule has 0 saturated carbocycles. The zero-order valence-corrected chi connectivity index (χ0v) is 17.1. The number of hydrogen-bond donors (Lipinski definition) is 2. The number of rotatable bonds is 7. The molecule has 0 amide bonds. The van der Waals surface area contributed by atoms with Crippen LogP contribution in [0.1, 0.15) is 5.56 Å². The topological polar surface area (TPSA) is 120 Å². The third-order valence-corrected chi connectivity index (χ3v) is 4.64. The molecule has 0 unspecified atom stereocenters. The highest BCUT2D eigenvalue weighted by atomic mass is 31.2. The van der Waals surface area contributed by atoms with Gasteiger partial charge in [-0.25, -0.2) is 4.57 Å². The highest BCUT2D eigenvalue weighted by Gasteiger charge is 2.24. The highest BCUT2D eigenvalue weighted by Crippen LogP contribution is 2.46. The monoisotopic (exact) mass is 421 g/mol. The zero-order chi connectivity index (χ0) is 21.2. The summed E-state index contributed by atoms with van der Waals surface area (Å²) in [5.41, 5.74) is 2.77. The molecule has 3 aromatic rings. The largest absolute Gasteiger partial charge is 0.524 e. The van der Waals surface area contributed by atoms with Crippen molar-refractivity contribution in [2.24, 2.45) is 0 Å². The van der Waals surface area contributed by atoms with Crippen LogP contribution in [0.15, 0.2) is 41.1 Å². The fourth-order valence-corrected chi connectivity index (χ4v) is 3.39. The summed E-state index contributed by atoms with van der Waals surface area (Å²) >= 11 is 0. The van der Waals surface area contributed by atoms with Gasteiger partial charge in [0.2, 0.25) is 0 Å². The first kappa shape index (κ1) is 20.7. The fraction of sp³-hybridized carbons (Fsp3) is 0.211. The molecule has 1 aromatic heterocycles. The van der Waals surface area contributed by atoms with Crippen molar-refractivity contribution in [2.75, 3.05) is 21.3 Å². The first-order valence-electron chi connectivity index (χ1n) is 8.38. The molecule has 3 rings (SSSR count). The summed E-state index contributed by atoms with van der Waals surface area (Å²) in [4.78, 5) is 18.6. The molecule has 0 spiro atoms. The minimum Gasteiger partial charge on any atom is -0.497 e. The Balaban J connectivity index is 2.17. The van der Waals surface area contributed by atoms with Crippen molar-refractivity contribution in [1.82, 2.24) is 5.16 Å². The van der Waals surface area contributed by atoms with Gasteiger partial charge in [-0.05, 0) is 36.8 Å². The summed E-state index contributed by atoms with van der Waals surface area (Å²) < 4.78 is 37.4. The van der Waals surface area contributed by atoms with Crippen LogP contribution in [0.4, 0.5) is 0 Å². The zero-order valence-electron chi connectivity index (χ0n) is 16.2. The molecular formula is C19H20NO8P. The Morgan fingerprint density at radius 1 is 0.966 bits per heavy atom. The molecule has 0 bridgehead atoms. The molecule has 154 valence electrons. The van der Waals surface area contributed by atoms with Crippen molar-refractivity contribution in [1.29, 1.82) is 0 Å². The van der Waals surface area contributed by atoms with E-state index < -0.39 is 7.82 Å². The number of aryl methyl sites for hydroxylation is 1. The summed E-state index contributed by atoms with van der Waals surface area (Å²) in [5.74, 6) is 1.41. The Labute approximate surface area is 167 Å². The Bertz CT molecular complexity index is 1070. The van der Waals surface area contributed by atoms with Crippen molar-refractivity contribution < 1.29 is 37.6 Å². The maximum atomic E-state index is 11.4. The van der Waals surface area contributed by atoms with Gasteiger partial charge in [-0.2, -0.15) is 0 Å². The molecule has 10 heteroatoms. The van der Waals surface area contributed by atoms with Gasteiger partial charge in [0.1, 0.15) is 23.5 Å². The maximum Gasteiger partial charge on any atom is 0.524 e. The van der Waals surface area contributed by atoms with Crippen molar-refractivity contribution >= 4 is 7.82 Å². The standard InChI is InChI=1S/C19H20NO8P/c1-11-7-12(8-17(25-3)19(11)26-4)18-15(10-27-20-18)14-6-5-13(24-2)9-16(14)28-29(21,22)23/h5-10H,1-4H3,(H2,21,22,23). The van der Waals surface area contributed by atoms with Crippen LogP contribution in [0.3, 0.4) is 0 Å². The number of methoxy groups -OCH3 is 3. The van der Waals surface area contributed by atoms with Crippen LogP contribution >= 0.6 is 7.82 Å². The fourth-order valence-electron chi connectivity index (χ4n) is 2.98. The van der Waals surface area contributed by atoms with Crippen LogP contribution in [-0.2, 0) is 4.57 Å². The minimum absolute atomic E-state index is 0.0701. The lowest BCUT2D eigenvalue weighted by atomic mass is 9.99. The van der Waals surface area contributed by atoms with Gasteiger partial charge in [0.15, 0.2) is 11.5 Å². The predicted octanol–water partition coefficient (Wildman–Crippen LogP) is 3.81. The average Bonchev–Trinajstić information content (AvgIpc) is 3.15. The van der Waals surface area contributed by atoms with E-state index >= 15 is 0 Å². The van der Waals surface area contributed by atoms with E-state index in [1.165, 1.54) is 26.5 Å². The summed E-state index contributed by atoms with van der Waals surface area (Å²) in [6, 6.07) is 8.20. The highest BCUT2D eigenvalue weighted by molar-refractivity contribution is 7.46. The number of ether oxygens (including phenoxy) is 3. The van der Waals surface area contributed by atoms with Crippen LogP contribution in [0.5, 0.6) is 23.0 Å². The second kappa shape index (κ2) is 8.16. The smallest absolute Gasteiger partial charge is 0.497 e. The molecule has 9 nitrogen and oxygen atoms in total. The average molecular weight is 421 g/mol. The van der Waals surface area contributed by atoms with Gasteiger partial charge in [0.25, 0.3) is 0 Å². The van der Waals surface area contributed by atoms with E-state index in [1.54, 1.807) is 25.3 Å².